The van der Waals surface area contributed by atoms with E-state index in [1.54, 1.807) is 4.90 Å². The SMILES string of the molecule is Cc1nnsc1CN(C)C(=O)CN1CCC2(CCCCc3ccccc3OCCNC2=O)CC1. The molecule has 34 heavy (non-hydrogen) atoms. The Bertz CT molecular complexity index is 986. The Morgan fingerprint density at radius 3 is 2.79 bits per heavy atom. The van der Waals surface area contributed by atoms with Crippen molar-refractivity contribution in [2.75, 3.05) is 39.8 Å². The van der Waals surface area contributed by atoms with Gasteiger partial charge in [0.05, 0.1) is 35.6 Å². The monoisotopic (exact) mass is 485 g/mol. The number of rotatable bonds is 4. The highest BCUT2D eigenvalue weighted by Gasteiger charge is 2.41. The van der Waals surface area contributed by atoms with E-state index in [4.69, 9.17) is 4.74 Å². The van der Waals surface area contributed by atoms with Crippen molar-refractivity contribution in [1.82, 2.24) is 24.7 Å². The van der Waals surface area contributed by atoms with Gasteiger partial charge in [-0.1, -0.05) is 29.1 Å². The maximum atomic E-state index is 13.2. The molecule has 2 aromatic rings. The minimum Gasteiger partial charge on any atom is -0.491 e. The first kappa shape index (κ1) is 24.6. The molecule has 3 heterocycles. The van der Waals surface area contributed by atoms with Gasteiger partial charge < -0.3 is 15.0 Å². The van der Waals surface area contributed by atoms with Gasteiger partial charge in [0.15, 0.2) is 0 Å². The summed E-state index contributed by atoms with van der Waals surface area (Å²) in [5.41, 5.74) is 1.77. The lowest BCUT2D eigenvalue weighted by molar-refractivity contribution is -0.136. The van der Waals surface area contributed by atoms with Crippen LogP contribution in [0.1, 0.15) is 48.2 Å². The predicted octanol–water partition coefficient (Wildman–Crippen LogP) is 2.81. The van der Waals surface area contributed by atoms with Gasteiger partial charge in [-0.2, -0.15) is 0 Å². The molecule has 1 saturated heterocycles. The van der Waals surface area contributed by atoms with Gasteiger partial charge in [-0.3, -0.25) is 14.5 Å². The zero-order chi connectivity index (χ0) is 24.0. The Morgan fingerprint density at radius 1 is 1.24 bits per heavy atom. The Labute approximate surface area is 205 Å². The lowest BCUT2D eigenvalue weighted by atomic mass is 9.73. The normalized spacial score (nSPS) is 19.3. The van der Waals surface area contributed by atoms with Crippen molar-refractivity contribution in [3.63, 3.8) is 0 Å². The first-order valence-corrected chi connectivity index (χ1v) is 13.0. The number of carbonyl (C=O) groups is 2. The third kappa shape index (κ3) is 5.93. The number of amides is 2. The van der Waals surface area contributed by atoms with Crippen LogP contribution in [0.3, 0.4) is 0 Å². The number of hydrogen-bond acceptors (Lipinski definition) is 7. The first-order chi connectivity index (χ1) is 16.5. The summed E-state index contributed by atoms with van der Waals surface area (Å²) in [4.78, 5) is 31.0. The molecule has 1 N–H and O–H groups in total. The van der Waals surface area contributed by atoms with Crippen LogP contribution in [0.5, 0.6) is 5.75 Å². The molecule has 2 aliphatic rings. The van der Waals surface area contributed by atoms with Gasteiger partial charge in [0.2, 0.25) is 11.8 Å². The highest BCUT2D eigenvalue weighted by molar-refractivity contribution is 7.05. The summed E-state index contributed by atoms with van der Waals surface area (Å²) in [5.74, 6) is 1.15. The van der Waals surface area contributed by atoms with Gasteiger partial charge in [0.25, 0.3) is 0 Å². The number of para-hydroxylation sites is 1. The van der Waals surface area contributed by atoms with Crippen LogP contribution < -0.4 is 10.1 Å². The third-order valence-electron chi connectivity index (χ3n) is 7.17. The maximum Gasteiger partial charge on any atom is 0.236 e. The van der Waals surface area contributed by atoms with Crippen LogP contribution in [0.4, 0.5) is 0 Å². The number of fused-ring (bicyclic) bond motifs is 1. The second kappa shape index (κ2) is 11.3. The highest BCUT2D eigenvalue weighted by Crippen LogP contribution is 2.37. The van der Waals surface area contributed by atoms with Crippen LogP contribution in [0.15, 0.2) is 24.3 Å². The summed E-state index contributed by atoms with van der Waals surface area (Å²) >= 11 is 1.34. The molecule has 0 bridgehead atoms. The highest BCUT2D eigenvalue weighted by atomic mass is 32.1. The van der Waals surface area contributed by atoms with E-state index in [2.05, 4.69) is 31.9 Å². The number of likely N-dealkylation sites (N-methyl/N-ethyl adjacent to an activating group) is 1. The molecule has 9 heteroatoms. The second-order valence-corrected chi connectivity index (χ2v) is 10.3. The number of aryl methyl sites for hydroxylation is 2. The van der Waals surface area contributed by atoms with Crippen LogP contribution in [-0.2, 0) is 22.6 Å². The maximum absolute atomic E-state index is 13.2. The molecule has 0 unspecified atom stereocenters. The molecule has 184 valence electrons. The molecule has 4 rings (SSSR count). The summed E-state index contributed by atoms with van der Waals surface area (Å²) in [5, 5.41) is 7.15. The molecule has 1 spiro atoms. The molecule has 0 saturated carbocycles. The van der Waals surface area contributed by atoms with Crippen molar-refractivity contribution in [1.29, 1.82) is 0 Å². The van der Waals surface area contributed by atoms with Crippen LogP contribution in [0.2, 0.25) is 0 Å². The lowest BCUT2D eigenvalue weighted by Gasteiger charge is -2.41. The number of piperidine rings is 1. The lowest BCUT2D eigenvalue weighted by Crippen LogP contribution is -2.51. The van der Waals surface area contributed by atoms with Gasteiger partial charge in [-0.25, -0.2) is 0 Å². The molecular weight excluding hydrogens is 450 g/mol. The van der Waals surface area contributed by atoms with E-state index in [1.165, 1.54) is 17.1 Å². The number of aromatic nitrogens is 2. The number of nitrogens with one attached hydrogen (secondary N) is 1. The minimum atomic E-state index is -0.352. The number of carbonyl (C=O) groups excluding carboxylic acids is 2. The summed E-state index contributed by atoms with van der Waals surface area (Å²) in [7, 11) is 1.83. The molecular formula is C25H35N5O3S. The van der Waals surface area contributed by atoms with Gasteiger partial charge >= 0.3 is 0 Å². The summed E-state index contributed by atoms with van der Waals surface area (Å²) < 4.78 is 9.89. The van der Waals surface area contributed by atoms with Crippen molar-refractivity contribution < 1.29 is 14.3 Å². The molecule has 8 nitrogen and oxygen atoms in total. The standard InChI is InChI=1S/C25H35N5O3S/c1-19-22(34-28-27-19)17-29(2)23(31)18-30-14-11-25(12-15-30)10-6-5-8-20-7-3-4-9-21(20)33-16-13-26-24(25)32/h3-4,7,9H,5-6,8,10-18H2,1-2H3,(H,26,32). The largest absolute Gasteiger partial charge is 0.491 e. The van der Waals surface area contributed by atoms with E-state index >= 15 is 0 Å². The van der Waals surface area contributed by atoms with Crippen molar-refractivity contribution >= 4 is 23.3 Å². The zero-order valence-corrected chi connectivity index (χ0v) is 21.0. The molecule has 1 aromatic carbocycles. The Kier molecular flexibility index (Phi) is 8.15. The van der Waals surface area contributed by atoms with E-state index < -0.39 is 0 Å². The second-order valence-electron chi connectivity index (χ2n) is 9.51. The molecule has 0 atom stereocenters. The predicted molar refractivity (Wildman–Crippen MR) is 132 cm³/mol. The van der Waals surface area contributed by atoms with E-state index in [-0.39, 0.29) is 17.2 Å². The summed E-state index contributed by atoms with van der Waals surface area (Å²) in [6, 6.07) is 8.19. The van der Waals surface area contributed by atoms with E-state index in [0.717, 1.165) is 67.9 Å². The molecule has 2 amide bonds. The van der Waals surface area contributed by atoms with Crippen LogP contribution >= 0.6 is 11.5 Å². The fourth-order valence-electron chi connectivity index (χ4n) is 4.88. The summed E-state index contributed by atoms with van der Waals surface area (Å²) in [6.45, 7) is 5.33. The van der Waals surface area contributed by atoms with Crippen molar-refractivity contribution in [3.05, 3.63) is 40.4 Å². The average Bonchev–Trinajstić information content (AvgIpc) is 3.24. The van der Waals surface area contributed by atoms with E-state index in [0.29, 0.717) is 26.2 Å². The van der Waals surface area contributed by atoms with Crippen molar-refractivity contribution in [2.24, 2.45) is 5.41 Å². The fourth-order valence-corrected chi connectivity index (χ4v) is 5.57. The quantitative estimate of drug-likeness (QED) is 0.717. The Morgan fingerprint density at radius 2 is 2.03 bits per heavy atom. The van der Waals surface area contributed by atoms with Gasteiger partial charge in [-0.15, -0.1) is 5.10 Å². The molecule has 2 aliphatic heterocycles. The minimum absolute atomic E-state index is 0.0858. The number of hydrogen-bond donors (Lipinski definition) is 1. The Hall–Kier alpha value is -2.52. The Balaban J connectivity index is 1.31. The van der Waals surface area contributed by atoms with Gasteiger partial charge in [0.1, 0.15) is 12.4 Å². The number of likely N-dealkylation sites (tertiary alicyclic amines) is 1. The smallest absolute Gasteiger partial charge is 0.236 e. The van der Waals surface area contributed by atoms with Crippen LogP contribution in [0.25, 0.3) is 0 Å². The number of benzene rings is 1. The number of ether oxygens (including phenoxy) is 1. The van der Waals surface area contributed by atoms with Gasteiger partial charge in [-0.05, 0) is 75.3 Å². The average molecular weight is 486 g/mol. The van der Waals surface area contributed by atoms with Crippen LogP contribution in [-0.4, -0.2) is 71.0 Å². The van der Waals surface area contributed by atoms with E-state index in [9.17, 15) is 9.59 Å². The van der Waals surface area contributed by atoms with Crippen molar-refractivity contribution in [3.8, 4) is 5.75 Å². The van der Waals surface area contributed by atoms with Gasteiger partial charge in [0, 0.05) is 7.05 Å². The first-order valence-electron chi connectivity index (χ1n) is 12.2. The number of nitrogens with zero attached hydrogens (tertiary/aromatic N) is 4. The fraction of sp³-hybridized carbons (Fsp3) is 0.600. The zero-order valence-electron chi connectivity index (χ0n) is 20.2. The van der Waals surface area contributed by atoms with E-state index in [1.807, 2.05) is 26.1 Å². The molecule has 1 aromatic heterocycles. The molecule has 1 fully saturated rings. The topological polar surface area (TPSA) is 87.7 Å². The molecule has 0 aliphatic carbocycles. The van der Waals surface area contributed by atoms with Crippen molar-refractivity contribution in [2.45, 2.75) is 52.0 Å². The summed E-state index contributed by atoms with van der Waals surface area (Å²) in [6.07, 6.45) is 5.47. The molecule has 0 radical (unpaired) electrons. The van der Waals surface area contributed by atoms with Crippen LogP contribution in [0, 0.1) is 12.3 Å². The third-order valence-corrected chi connectivity index (χ3v) is 7.98.